The summed E-state index contributed by atoms with van der Waals surface area (Å²) in [6, 6.07) is 19.3. The minimum Gasteiger partial charge on any atom is -0.383 e. The van der Waals surface area contributed by atoms with E-state index < -0.39 is 5.60 Å². The van der Waals surface area contributed by atoms with E-state index in [1.807, 2.05) is 6.07 Å². The van der Waals surface area contributed by atoms with Gasteiger partial charge in [-0.1, -0.05) is 54.6 Å². The number of piperidine rings is 1. The number of rotatable bonds is 2. The molecular weight excluding hydrogens is 310 g/mol. The summed E-state index contributed by atoms with van der Waals surface area (Å²) < 4.78 is 0. The van der Waals surface area contributed by atoms with Crippen molar-refractivity contribution in [3.05, 3.63) is 60.2 Å². The summed E-state index contributed by atoms with van der Waals surface area (Å²) in [6.07, 6.45) is 1.84. The van der Waals surface area contributed by atoms with E-state index >= 15 is 0 Å². The van der Waals surface area contributed by atoms with E-state index in [1.165, 1.54) is 11.1 Å². The Kier molecular flexibility index (Phi) is 3.35. The Morgan fingerprint density at radius 1 is 1.00 bits per heavy atom. The Bertz CT molecular complexity index is 802. The molecule has 0 radical (unpaired) electrons. The van der Waals surface area contributed by atoms with Crippen molar-refractivity contribution in [2.75, 3.05) is 26.2 Å². The van der Waals surface area contributed by atoms with E-state index in [0.717, 1.165) is 44.0 Å². The Balaban J connectivity index is 1.41. The molecule has 3 heterocycles. The molecular formula is C21H23N3O. The quantitative estimate of drug-likeness (QED) is 0.918. The van der Waals surface area contributed by atoms with Crippen molar-refractivity contribution >= 4 is 5.96 Å². The first-order valence-corrected chi connectivity index (χ1v) is 9.17. The fourth-order valence-electron chi connectivity index (χ4n) is 4.48. The molecule has 3 aliphatic heterocycles. The standard InChI is InChI=1S/C21H23N3O/c25-21(11-10-19-14-23-13-12-22-20(23)24(19)15-21)18-8-6-17(7-9-18)16-4-2-1-3-5-16/h1-9,19,25H,10-15H2/t19?,21-/m0/s1. The lowest BCUT2D eigenvalue weighted by Gasteiger charge is -2.41. The zero-order chi connectivity index (χ0) is 16.9. The Morgan fingerprint density at radius 2 is 1.76 bits per heavy atom. The van der Waals surface area contributed by atoms with Crippen molar-refractivity contribution < 1.29 is 5.11 Å². The molecule has 5 rings (SSSR count). The summed E-state index contributed by atoms with van der Waals surface area (Å²) in [6.45, 7) is 3.65. The second-order valence-corrected chi connectivity index (χ2v) is 7.42. The fraction of sp³-hybridized carbons (Fsp3) is 0.381. The molecule has 2 fully saturated rings. The van der Waals surface area contributed by atoms with Gasteiger partial charge in [-0.25, -0.2) is 0 Å². The van der Waals surface area contributed by atoms with Gasteiger partial charge < -0.3 is 14.9 Å². The summed E-state index contributed by atoms with van der Waals surface area (Å²) in [5, 5.41) is 11.4. The van der Waals surface area contributed by atoms with Crippen LogP contribution in [0, 0.1) is 0 Å². The highest BCUT2D eigenvalue weighted by molar-refractivity contribution is 5.84. The number of nitrogens with zero attached hydrogens (tertiary/aromatic N) is 3. The molecule has 1 unspecified atom stereocenters. The molecule has 25 heavy (non-hydrogen) atoms. The molecule has 4 heteroatoms. The Hall–Kier alpha value is -2.33. The van der Waals surface area contributed by atoms with Gasteiger partial charge in [0.15, 0.2) is 5.96 Å². The topological polar surface area (TPSA) is 39.1 Å². The molecule has 2 aromatic carbocycles. The molecule has 0 saturated carbocycles. The molecule has 1 N–H and O–H groups in total. The van der Waals surface area contributed by atoms with Crippen LogP contribution in [0.4, 0.5) is 0 Å². The van der Waals surface area contributed by atoms with Crippen molar-refractivity contribution in [2.24, 2.45) is 4.99 Å². The maximum absolute atomic E-state index is 11.4. The minimum absolute atomic E-state index is 0.517. The van der Waals surface area contributed by atoms with Gasteiger partial charge in [-0.3, -0.25) is 4.99 Å². The van der Waals surface area contributed by atoms with Crippen LogP contribution in [-0.4, -0.2) is 53.1 Å². The number of hydrogen-bond acceptors (Lipinski definition) is 4. The zero-order valence-corrected chi connectivity index (χ0v) is 14.3. The third-order valence-corrected chi connectivity index (χ3v) is 5.89. The molecule has 4 nitrogen and oxygen atoms in total. The monoisotopic (exact) mass is 333 g/mol. The first-order valence-electron chi connectivity index (χ1n) is 9.17. The molecule has 0 aliphatic carbocycles. The Labute approximate surface area is 148 Å². The summed E-state index contributed by atoms with van der Waals surface area (Å²) >= 11 is 0. The number of benzene rings is 2. The van der Waals surface area contributed by atoms with Crippen molar-refractivity contribution in [3.63, 3.8) is 0 Å². The molecule has 2 saturated heterocycles. The highest BCUT2D eigenvalue weighted by Crippen LogP contribution is 2.38. The highest BCUT2D eigenvalue weighted by atomic mass is 16.3. The third-order valence-electron chi connectivity index (χ3n) is 5.89. The van der Waals surface area contributed by atoms with Gasteiger partial charge in [0.2, 0.25) is 0 Å². The summed E-state index contributed by atoms with van der Waals surface area (Å²) in [4.78, 5) is 9.36. The van der Waals surface area contributed by atoms with Crippen LogP contribution in [0.15, 0.2) is 59.6 Å². The van der Waals surface area contributed by atoms with E-state index in [2.05, 4.69) is 63.3 Å². The summed E-state index contributed by atoms with van der Waals surface area (Å²) in [5.41, 5.74) is 2.63. The van der Waals surface area contributed by atoms with Crippen LogP contribution in [0.1, 0.15) is 18.4 Å². The van der Waals surface area contributed by atoms with Gasteiger partial charge in [0.05, 0.1) is 13.1 Å². The van der Waals surface area contributed by atoms with Gasteiger partial charge in [0.25, 0.3) is 0 Å². The van der Waals surface area contributed by atoms with Gasteiger partial charge in [-0.15, -0.1) is 0 Å². The van der Waals surface area contributed by atoms with Crippen molar-refractivity contribution in [1.82, 2.24) is 9.80 Å². The highest BCUT2D eigenvalue weighted by Gasteiger charge is 2.46. The number of hydrogen-bond donors (Lipinski definition) is 1. The first-order chi connectivity index (χ1) is 12.2. The van der Waals surface area contributed by atoms with Crippen LogP contribution < -0.4 is 0 Å². The lowest BCUT2D eigenvalue weighted by molar-refractivity contribution is -0.0276. The van der Waals surface area contributed by atoms with E-state index in [4.69, 9.17) is 0 Å². The zero-order valence-electron chi connectivity index (χ0n) is 14.3. The smallest absolute Gasteiger partial charge is 0.197 e. The van der Waals surface area contributed by atoms with Gasteiger partial charge in [0.1, 0.15) is 5.60 Å². The third kappa shape index (κ3) is 2.44. The molecule has 128 valence electrons. The molecule has 0 bridgehead atoms. The second-order valence-electron chi connectivity index (χ2n) is 7.42. The van der Waals surface area contributed by atoms with Crippen LogP contribution >= 0.6 is 0 Å². The predicted octanol–water partition coefficient (Wildman–Crippen LogP) is 2.69. The van der Waals surface area contributed by atoms with Crippen LogP contribution in [0.2, 0.25) is 0 Å². The molecule has 3 aliphatic rings. The Morgan fingerprint density at radius 3 is 2.56 bits per heavy atom. The summed E-state index contributed by atoms with van der Waals surface area (Å²) in [5.74, 6) is 1.10. The summed E-state index contributed by atoms with van der Waals surface area (Å²) in [7, 11) is 0. The van der Waals surface area contributed by atoms with E-state index in [0.29, 0.717) is 12.6 Å². The number of fused-ring (bicyclic) bond motifs is 3. The normalized spacial score (nSPS) is 27.9. The minimum atomic E-state index is -0.785. The molecule has 0 aromatic heterocycles. The maximum atomic E-state index is 11.4. The number of aliphatic imine (C=N–C) groups is 1. The van der Waals surface area contributed by atoms with Gasteiger partial charge in [0, 0.05) is 19.1 Å². The molecule has 2 aromatic rings. The van der Waals surface area contributed by atoms with Gasteiger partial charge >= 0.3 is 0 Å². The maximum Gasteiger partial charge on any atom is 0.197 e. The van der Waals surface area contributed by atoms with Gasteiger partial charge in [-0.05, 0) is 29.5 Å². The first kappa shape index (κ1) is 15.0. The van der Waals surface area contributed by atoms with Crippen LogP contribution in [0.3, 0.4) is 0 Å². The molecule has 0 spiro atoms. The SMILES string of the molecule is O[C@@]1(c2ccc(-c3ccccc3)cc2)CCC2CN3CCN=C3N2C1. The second kappa shape index (κ2) is 5.60. The van der Waals surface area contributed by atoms with E-state index in [-0.39, 0.29) is 0 Å². The molecule has 0 amide bonds. The predicted molar refractivity (Wildman–Crippen MR) is 99.4 cm³/mol. The van der Waals surface area contributed by atoms with Crippen LogP contribution in [0.5, 0.6) is 0 Å². The van der Waals surface area contributed by atoms with Gasteiger partial charge in [-0.2, -0.15) is 0 Å². The van der Waals surface area contributed by atoms with E-state index in [1.54, 1.807) is 0 Å². The van der Waals surface area contributed by atoms with Crippen molar-refractivity contribution in [1.29, 1.82) is 0 Å². The van der Waals surface area contributed by atoms with Crippen molar-refractivity contribution in [2.45, 2.75) is 24.5 Å². The van der Waals surface area contributed by atoms with E-state index in [9.17, 15) is 5.11 Å². The molecule has 2 atom stereocenters. The fourth-order valence-corrected chi connectivity index (χ4v) is 4.48. The average molecular weight is 333 g/mol. The number of guanidine groups is 1. The lowest BCUT2D eigenvalue weighted by Crippen LogP contribution is -2.50. The average Bonchev–Trinajstić information content (AvgIpc) is 3.24. The van der Waals surface area contributed by atoms with Crippen LogP contribution in [0.25, 0.3) is 11.1 Å². The van der Waals surface area contributed by atoms with Crippen molar-refractivity contribution in [3.8, 4) is 11.1 Å². The largest absolute Gasteiger partial charge is 0.383 e. The lowest BCUT2D eigenvalue weighted by atomic mass is 9.83. The number of aliphatic hydroxyl groups is 1. The van der Waals surface area contributed by atoms with Crippen LogP contribution in [-0.2, 0) is 5.60 Å².